The van der Waals surface area contributed by atoms with Gasteiger partial charge < -0.3 is 5.32 Å². The zero-order valence-corrected chi connectivity index (χ0v) is 12.9. The van der Waals surface area contributed by atoms with Gasteiger partial charge in [0.15, 0.2) is 0 Å². The van der Waals surface area contributed by atoms with Crippen LogP contribution in [0.1, 0.15) is 35.7 Å². The molecule has 2 rings (SSSR count). The third-order valence-electron chi connectivity index (χ3n) is 3.24. The van der Waals surface area contributed by atoms with Crippen LogP contribution in [0.25, 0.3) is 0 Å². The van der Waals surface area contributed by atoms with Gasteiger partial charge in [-0.05, 0) is 35.7 Å². The first-order chi connectivity index (χ1) is 10.4. The van der Waals surface area contributed by atoms with Gasteiger partial charge in [0.2, 0.25) is 0 Å². The maximum Gasteiger partial charge on any atom is 0.288 e. The van der Waals surface area contributed by atoms with Crippen LogP contribution in [0.5, 0.6) is 0 Å². The molecule has 0 aliphatic heterocycles. The van der Waals surface area contributed by atoms with Crippen LogP contribution in [0.15, 0.2) is 42.5 Å². The molecule has 2 aromatic rings. The van der Waals surface area contributed by atoms with Gasteiger partial charge in [-0.1, -0.05) is 37.6 Å². The average Bonchev–Trinajstić information content (AvgIpc) is 2.47. The van der Waals surface area contributed by atoms with Crippen molar-refractivity contribution in [2.75, 3.05) is 5.32 Å². The Morgan fingerprint density at radius 3 is 2.36 bits per heavy atom. The number of hydrogen-bond acceptors (Lipinski definition) is 3. The first kappa shape index (κ1) is 16.0. The molecule has 0 atom stereocenters. The maximum atomic E-state index is 12.1. The number of amides is 1. The van der Waals surface area contributed by atoms with Gasteiger partial charge >= 0.3 is 0 Å². The molecule has 1 N–H and O–H groups in total. The highest BCUT2D eigenvalue weighted by Gasteiger charge is 2.16. The zero-order chi connectivity index (χ0) is 16.3. The van der Waals surface area contributed by atoms with Crippen molar-refractivity contribution in [1.29, 1.82) is 0 Å². The fourth-order valence-corrected chi connectivity index (χ4v) is 2.13. The van der Waals surface area contributed by atoms with Crippen molar-refractivity contribution >= 4 is 28.9 Å². The first-order valence-corrected chi connectivity index (χ1v) is 7.11. The van der Waals surface area contributed by atoms with E-state index in [1.165, 1.54) is 23.8 Å². The van der Waals surface area contributed by atoms with E-state index in [0.29, 0.717) is 11.6 Å². The van der Waals surface area contributed by atoms with E-state index in [0.717, 1.165) is 0 Å². The number of nitrogens with one attached hydrogen (secondary N) is 1. The van der Waals surface area contributed by atoms with E-state index in [-0.39, 0.29) is 16.3 Å². The third-order valence-corrected chi connectivity index (χ3v) is 3.56. The first-order valence-electron chi connectivity index (χ1n) is 6.73. The molecule has 1 amide bonds. The van der Waals surface area contributed by atoms with Crippen LogP contribution in [0, 0.1) is 10.1 Å². The van der Waals surface area contributed by atoms with E-state index in [2.05, 4.69) is 19.2 Å². The number of nitro benzene ring substituents is 1. The predicted molar refractivity (Wildman–Crippen MR) is 86.6 cm³/mol. The normalized spacial score (nSPS) is 10.5. The Bertz CT molecular complexity index is 712. The molecule has 0 spiro atoms. The zero-order valence-electron chi connectivity index (χ0n) is 12.2. The molecule has 0 aliphatic carbocycles. The Morgan fingerprint density at radius 1 is 1.18 bits per heavy atom. The summed E-state index contributed by atoms with van der Waals surface area (Å²) >= 11 is 5.73. The van der Waals surface area contributed by atoms with Crippen molar-refractivity contribution in [3.63, 3.8) is 0 Å². The number of hydrogen-bond donors (Lipinski definition) is 1. The summed E-state index contributed by atoms with van der Waals surface area (Å²) < 4.78 is 0. The smallest absolute Gasteiger partial charge is 0.288 e. The lowest BCUT2D eigenvalue weighted by molar-refractivity contribution is -0.384. The Morgan fingerprint density at radius 2 is 1.82 bits per heavy atom. The van der Waals surface area contributed by atoms with E-state index in [4.69, 9.17) is 11.6 Å². The molecule has 0 heterocycles. The summed E-state index contributed by atoms with van der Waals surface area (Å²) in [6, 6.07) is 11.4. The van der Waals surface area contributed by atoms with E-state index in [1.54, 1.807) is 12.1 Å². The van der Waals surface area contributed by atoms with Crippen molar-refractivity contribution < 1.29 is 9.72 Å². The van der Waals surface area contributed by atoms with Crippen LogP contribution in [-0.2, 0) is 0 Å². The highest BCUT2D eigenvalue weighted by atomic mass is 35.5. The fourth-order valence-electron chi connectivity index (χ4n) is 1.95. The maximum absolute atomic E-state index is 12.1. The van der Waals surface area contributed by atoms with Crippen LogP contribution in [0.4, 0.5) is 11.4 Å². The summed E-state index contributed by atoms with van der Waals surface area (Å²) in [6.45, 7) is 4.17. The van der Waals surface area contributed by atoms with Gasteiger partial charge in [0.05, 0.1) is 4.92 Å². The minimum Gasteiger partial charge on any atom is -0.322 e. The minimum absolute atomic E-state index is 0.00263. The van der Waals surface area contributed by atoms with Crippen LogP contribution in [0.3, 0.4) is 0 Å². The summed E-state index contributed by atoms with van der Waals surface area (Å²) in [5, 5.41) is 13.6. The number of halogens is 1. The second-order valence-corrected chi connectivity index (χ2v) is 5.56. The Hall–Kier alpha value is -2.40. The molecule has 0 fully saturated rings. The number of nitro groups is 1. The molecule has 0 bridgehead atoms. The molecular formula is C16H15ClN2O3. The number of benzene rings is 2. The van der Waals surface area contributed by atoms with Crippen LogP contribution in [-0.4, -0.2) is 10.8 Å². The standard InChI is InChI=1S/C16H15ClN2O3/c1-10(2)11-3-6-13(7-4-11)18-16(20)12-5-8-14(17)15(9-12)19(21)22/h3-10H,1-2H3,(H,18,20). The largest absolute Gasteiger partial charge is 0.322 e. The molecule has 0 radical (unpaired) electrons. The van der Waals surface area contributed by atoms with Crippen molar-refractivity contribution in [3.05, 3.63) is 68.7 Å². The molecule has 0 unspecified atom stereocenters. The highest BCUT2D eigenvalue weighted by Crippen LogP contribution is 2.25. The lowest BCUT2D eigenvalue weighted by atomic mass is 10.0. The van der Waals surface area contributed by atoms with Crippen molar-refractivity contribution in [3.8, 4) is 0 Å². The summed E-state index contributed by atoms with van der Waals surface area (Å²) in [7, 11) is 0. The quantitative estimate of drug-likeness (QED) is 0.660. The highest BCUT2D eigenvalue weighted by molar-refractivity contribution is 6.32. The monoisotopic (exact) mass is 318 g/mol. The van der Waals surface area contributed by atoms with Crippen LogP contribution >= 0.6 is 11.6 Å². The van der Waals surface area contributed by atoms with E-state index in [9.17, 15) is 14.9 Å². The van der Waals surface area contributed by atoms with Gasteiger partial charge in [-0.3, -0.25) is 14.9 Å². The van der Waals surface area contributed by atoms with Crippen molar-refractivity contribution in [2.45, 2.75) is 19.8 Å². The van der Waals surface area contributed by atoms with Crippen molar-refractivity contribution in [2.24, 2.45) is 0 Å². The molecule has 0 saturated carbocycles. The van der Waals surface area contributed by atoms with Gasteiger partial charge in [-0.2, -0.15) is 0 Å². The van der Waals surface area contributed by atoms with Crippen molar-refractivity contribution in [1.82, 2.24) is 0 Å². The number of rotatable bonds is 4. The van der Waals surface area contributed by atoms with E-state index in [1.807, 2.05) is 12.1 Å². The minimum atomic E-state index is -0.615. The van der Waals surface area contributed by atoms with Crippen LogP contribution in [0.2, 0.25) is 5.02 Å². The molecule has 6 heteroatoms. The van der Waals surface area contributed by atoms with Gasteiger partial charge in [0.25, 0.3) is 11.6 Å². The summed E-state index contributed by atoms with van der Waals surface area (Å²) in [6.07, 6.45) is 0. The molecule has 0 aliphatic rings. The van der Waals surface area contributed by atoms with Gasteiger partial charge in [-0.15, -0.1) is 0 Å². The lowest BCUT2D eigenvalue weighted by Crippen LogP contribution is -2.12. The topological polar surface area (TPSA) is 72.2 Å². The summed E-state index contributed by atoms with van der Waals surface area (Å²) in [5.74, 6) is -0.0132. The molecule has 5 nitrogen and oxygen atoms in total. The fraction of sp³-hybridized carbons (Fsp3) is 0.188. The third kappa shape index (κ3) is 3.62. The van der Waals surface area contributed by atoms with Gasteiger partial charge in [0.1, 0.15) is 5.02 Å². The molecule has 22 heavy (non-hydrogen) atoms. The van der Waals surface area contributed by atoms with Gasteiger partial charge in [0, 0.05) is 17.3 Å². The summed E-state index contributed by atoms with van der Waals surface area (Å²) in [5.41, 5.74) is 1.70. The van der Waals surface area contributed by atoms with E-state index < -0.39 is 10.8 Å². The Labute approximate surface area is 133 Å². The summed E-state index contributed by atoms with van der Waals surface area (Å²) in [4.78, 5) is 22.4. The number of nitrogens with zero attached hydrogens (tertiary/aromatic N) is 1. The second kappa shape index (κ2) is 6.58. The molecule has 114 valence electrons. The average molecular weight is 319 g/mol. The molecular weight excluding hydrogens is 304 g/mol. The molecule has 0 aromatic heterocycles. The predicted octanol–water partition coefficient (Wildman–Crippen LogP) is 4.62. The second-order valence-electron chi connectivity index (χ2n) is 5.15. The van der Waals surface area contributed by atoms with E-state index >= 15 is 0 Å². The number of carbonyl (C=O) groups is 1. The Balaban J connectivity index is 2.18. The van der Waals surface area contributed by atoms with Gasteiger partial charge in [-0.25, -0.2) is 0 Å². The lowest BCUT2D eigenvalue weighted by Gasteiger charge is -2.08. The number of carbonyl (C=O) groups excluding carboxylic acids is 1. The number of anilines is 1. The molecule has 2 aromatic carbocycles. The SMILES string of the molecule is CC(C)c1ccc(NC(=O)c2ccc(Cl)c([N+](=O)[O-])c2)cc1. The van der Waals surface area contributed by atoms with Crippen LogP contribution < -0.4 is 5.32 Å². The Kier molecular flexibility index (Phi) is 4.78. The molecule has 0 saturated heterocycles.